The molecular formula is C22H24N6S. The Morgan fingerprint density at radius 1 is 0.966 bits per heavy atom. The van der Waals surface area contributed by atoms with E-state index >= 15 is 0 Å². The number of rotatable bonds is 7. The van der Waals surface area contributed by atoms with Crippen molar-refractivity contribution in [1.82, 2.24) is 29.5 Å². The van der Waals surface area contributed by atoms with Gasteiger partial charge in [-0.05, 0) is 56.2 Å². The van der Waals surface area contributed by atoms with E-state index in [0.29, 0.717) is 0 Å². The van der Waals surface area contributed by atoms with Gasteiger partial charge in [0.05, 0.1) is 11.4 Å². The second kappa shape index (κ2) is 8.61. The van der Waals surface area contributed by atoms with Crippen LogP contribution in [0.5, 0.6) is 0 Å². The maximum absolute atomic E-state index is 4.55. The Hall–Kier alpha value is -2.93. The Morgan fingerprint density at radius 3 is 2.38 bits per heavy atom. The summed E-state index contributed by atoms with van der Waals surface area (Å²) in [4.78, 5) is 4.10. The lowest BCUT2D eigenvalue weighted by atomic mass is 10.2. The fourth-order valence-electron chi connectivity index (χ4n) is 3.31. The minimum atomic E-state index is 0.843. The van der Waals surface area contributed by atoms with Crippen LogP contribution < -0.4 is 0 Å². The van der Waals surface area contributed by atoms with Gasteiger partial charge in [-0.3, -0.25) is 4.98 Å². The first-order valence-electron chi connectivity index (χ1n) is 9.74. The molecule has 0 N–H and O–H groups in total. The van der Waals surface area contributed by atoms with Gasteiger partial charge in [-0.15, -0.1) is 10.2 Å². The molecule has 1 aromatic carbocycles. The number of hydrogen-bond acceptors (Lipinski definition) is 5. The lowest BCUT2D eigenvalue weighted by Crippen LogP contribution is -2.02. The Labute approximate surface area is 175 Å². The van der Waals surface area contributed by atoms with Gasteiger partial charge < -0.3 is 4.57 Å². The van der Waals surface area contributed by atoms with Crippen molar-refractivity contribution in [2.45, 2.75) is 44.6 Å². The first-order chi connectivity index (χ1) is 14.2. The molecule has 4 rings (SSSR count). The average Bonchev–Trinajstić information content (AvgIpc) is 3.30. The molecule has 3 aromatic heterocycles. The van der Waals surface area contributed by atoms with E-state index in [4.69, 9.17) is 0 Å². The highest BCUT2D eigenvalue weighted by atomic mass is 32.2. The van der Waals surface area contributed by atoms with Crippen molar-refractivity contribution in [3.63, 3.8) is 0 Å². The molecule has 0 aliphatic rings. The third kappa shape index (κ3) is 4.24. The molecule has 0 atom stereocenters. The number of pyridine rings is 1. The van der Waals surface area contributed by atoms with Gasteiger partial charge in [0, 0.05) is 35.9 Å². The predicted octanol–water partition coefficient (Wildman–Crippen LogP) is 4.84. The van der Waals surface area contributed by atoms with E-state index in [1.54, 1.807) is 24.2 Å². The second-order valence-electron chi connectivity index (χ2n) is 6.99. The quantitative estimate of drug-likeness (QED) is 0.412. The maximum Gasteiger partial charge on any atom is 0.191 e. The van der Waals surface area contributed by atoms with Crippen LogP contribution in [0.15, 0.2) is 60.0 Å². The molecule has 7 heteroatoms. The third-order valence-electron chi connectivity index (χ3n) is 4.66. The molecule has 148 valence electrons. The zero-order valence-electron chi connectivity index (χ0n) is 16.9. The summed E-state index contributed by atoms with van der Waals surface area (Å²) in [6.07, 6.45) is 4.61. The van der Waals surface area contributed by atoms with Gasteiger partial charge in [0.1, 0.15) is 0 Å². The van der Waals surface area contributed by atoms with Gasteiger partial charge in [-0.1, -0.05) is 30.8 Å². The fourth-order valence-corrected chi connectivity index (χ4v) is 4.23. The summed E-state index contributed by atoms with van der Waals surface area (Å²) in [6.45, 7) is 7.15. The van der Waals surface area contributed by atoms with E-state index in [0.717, 1.165) is 52.3 Å². The molecule has 0 aliphatic heterocycles. The molecule has 6 nitrogen and oxygen atoms in total. The van der Waals surface area contributed by atoms with E-state index < -0.39 is 0 Å². The van der Waals surface area contributed by atoms with Crippen LogP contribution in [0.2, 0.25) is 0 Å². The van der Waals surface area contributed by atoms with Crippen molar-refractivity contribution < 1.29 is 0 Å². The number of benzene rings is 1. The lowest BCUT2D eigenvalue weighted by molar-refractivity contribution is 0.626. The summed E-state index contributed by atoms with van der Waals surface area (Å²) >= 11 is 1.72. The van der Waals surface area contributed by atoms with Gasteiger partial charge in [-0.2, -0.15) is 5.10 Å². The Morgan fingerprint density at radius 2 is 1.72 bits per heavy atom. The molecule has 29 heavy (non-hydrogen) atoms. The minimum absolute atomic E-state index is 0.843. The van der Waals surface area contributed by atoms with E-state index in [-0.39, 0.29) is 0 Å². The molecule has 3 heterocycles. The van der Waals surface area contributed by atoms with Crippen molar-refractivity contribution in [3.8, 4) is 17.1 Å². The molecule has 0 saturated heterocycles. The Bertz CT molecular complexity index is 1080. The lowest BCUT2D eigenvalue weighted by Gasteiger charge is -2.09. The molecule has 0 fully saturated rings. The van der Waals surface area contributed by atoms with Crippen LogP contribution in [0.25, 0.3) is 17.1 Å². The molecule has 0 bridgehead atoms. The number of aryl methyl sites for hydroxylation is 2. The van der Waals surface area contributed by atoms with Gasteiger partial charge in [-0.25, -0.2) is 4.68 Å². The van der Waals surface area contributed by atoms with Crippen LogP contribution >= 0.6 is 11.8 Å². The maximum atomic E-state index is 4.55. The molecule has 0 radical (unpaired) electrons. The summed E-state index contributed by atoms with van der Waals surface area (Å²) in [5.74, 6) is 1.74. The summed E-state index contributed by atoms with van der Waals surface area (Å²) in [5.41, 5.74) is 5.54. The Balaban J connectivity index is 1.50. The van der Waals surface area contributed by atoms with Gasteiger partial charge >= 0.3 is 0 Å². The summed E-state index contributed by atoms with van der Waals surface area (Å²) in [5, 5.41) is 14.4. The van der Waals surface area contributed by atoms with Crippen LogP contribution in [0.4, 0.5) is 0 Å². The average molecular weight is 405 g/mol. The van der Waals surface area contributed by atoms with E-state index in [2.05, 4.69) is 69.0 Å². The standard InChI is InChI=1S/C22H24N6S/c1-4-13-27-21(19-9-11-23-12-10-19)24-25-22(27)29-15-18-5-7-20(8-6-18)28-17(3)14-16(2)26-28/h5-12,14H,4,13,15H2,1-3H3. The zero-order valence-corrected chi connectivity index (χ0v) is 17.7. The first-order valence-corrected chi connectivity index (χ1v) is 10.7. The molecule has 0 aliphatic carbocycles. The van der Waals surface area contributed by atoms with Crippen LogP contribution in [0.1, 0.15) is 30.3 Å². The summed E-state index contributed by atoms with van der Waals surface area (Å²) in [7, 11) is 0. The number of thioether (sulfide) groups is 1. The number of nitrogens with zero attached hydrogens (tertiary/aromatic N) is 6. The van der Waals surface area contributed by atoms with Crippen LogP contribution in [-0.2, 0) is 12.3 Å². The van der Waals surface area contributed by atoms with E-state index in [1.807, 2.05) is 23.7 Å². The smallest absolute Gasteiger partial charge is 0.191 e. The number of aromatic nitrogens is 6. The molecule has 0 spiro atoms. The van der Waals surface area contributed by atoms with Gasteiger partial charge in [0.2, 0.25) is 0 Å². The summed E-state index contributed by atoms with van der Waals surface area (Å²) < 4.78 is 4.18. The van der Waals surface area contributed by atoms with Crippen LogP contribution in [0, 0.1) is 13.8 Å². The number of hydrogen-bond donors (Lipinski definition) is 0. The van der Waals surface area contributed by atoms with E-state index in [9.17, 15) is 0 Å². The predicted molar refractivity (Wildman–Crippen MR) is 116 cm³/mol. The molecule has 0 amide bonds. The monoisotopic (exact) mass is 404 g/mol. The third-order valence-corrected chi connectivity index (χ3v) is 5.70. The Kier molecular flexibility index (Phi) is 5.76. The fraction of sp³-hybridized carbons (Fsp3) is 0.273. The van der Waals surface area contributed by atoms with Crippen molar-refractivity contribution >= 4 is 11.8 Å². The highest BCUT2D eigenvalue weighted by Gasteiger charge is 2.14. The molecule has 4 aromatic rings. The van der Waals surface area contributed by atoms with Crippen molar-refractivity contribution in [3.05, 3.63) is 71.8 Å². The van der Waals surface area contributed by atoms with Crippen LogP contribution in [-0.4, -0.2) is 29.5 Å². The highest BCUT2D eigenvalue weighted by Crippen LogP contribution is 2.27. The zero-order chi connectivity index (χ0) is 20.2. The van der Waals surface area contributed by atoms with Crippen molar-refractivity contribution in [1.29, 1.82) is 0 Å². The van der Waals surface area contributed by atoms with E-state index in [1.165, 1.54) is 5.56 Å². The van der Waals surface area contributed by atoms with Crippen molar-refractivity contribution in [2.24, 2.45) is 0 Å². The molecule has 0 unspecified atom stereocenters. The molecular weight excluding hydrogens is 380 g/mol. The van der Waals surface area contributed by atoms with Gasteiger partial charge in [0.15, 0.2) is 11.0 Å². The highest BCUT2D eigenvalue weighted by molar-refractivity contribution is 7.98. The van der Waals surface area contributed by atoms with Crippen molar-refractivity contribution in [2.75, 3.05) is 0 Å². The largest absolute Gasteiger partial charge is 0.302 e. The molecule has 0 saturated carbocycles. The summed E-state index contributed by atoms with van der Waals surface area (Å²) in [6, 6.07) is 14.6. The minimum Gasteiger partial charge on any atom is -0.302 e. The van der Waals surface area contributed by atoms with Gasteiger partial charge in [0.25, 0.3) is 0 Å². The second-order valence-corrected chi connectivity index (χ2v) is 7.93. The topological polar surface area (TPSA) is 61.4 Å². The normalized spacial score (nSPS) is 11.1. The van der Waals surface area contributed by atoms with Crippen LogP contribution in [0.3, 0.4) is 0 Å². The SMILES string of the molecule is CCCn1c(SCc2ccc(-n3nc(C)cc3C)cc2)nnc1-c1ccncc1. The first kappa shape index (κ1) is 19.4.